The molecule has 0 fully saturated rings. The summed E-state index contributed by atoms with van der Waals surface area (Å²) in [5, 5.41) is 18.1. The van der Waals surface area contributed by atoms with Gasteiger partial charge in [0.2, 0.25) is 0 Å². The fourth-order valence-corrected chi connectivity index (χ4v) is 0.975. The Morgan fingerprint density at radius 3 is 2.17 bits per heavy atom. The predicted octanol–water partition coefficient (Wildman–Crippen LogP) is 0.773. The lowest BCUT2D eigenvalue weighted by molar-refractivity contribution is 0.164. The van der Waals surface area contributed by atoms with Crippen molar-refractivity contribution < 1.29 is 10.2 Å². The number of aliphatic hydroxyl groups excluding tert-OH is 1. The van der Waals surface area contributed by atoms with Crippen LogP contribution < -0.4 is 5.73 Å². The highest BCUT2D eigenvalue weighted by Gasteiger charge is 2.10. The average Bonchev–Trinajstić information content (AvgIpc) is 2.04. The van der Waals surface area contributed by atoms with Crippen molar-refractivity contribution >= 4 is 0 Å². The first kappa shape index (κ1) is 9.03. The van der Waals surface area contributed by atoms with Crippen molar-refractivity contribution in [3.8, 4) is 5.75 Å². The molecule has 0 bridgehead atoms. The Balaban J connectivity index is 2.82. The molecule has 3 nitrogen and oxygen atoms in total. The summed E-state index contributed by atoms with van der Waals surface area (Å²) in [5.41, 5.74) is 6.48. The van der Waals surface area contributed by atoms with Gasteiger partial charge in [0.25, 0.3) is 0 Å². The van der Waals surface area contributed by atoms with E-state index >= 15 is 0 Å². The lowest BCUT2D eigenvalue weighted by Gasteiger charge is -2.14. The Hall–Kier alpha value is -1.06. The van der Waals surface area contributed by atoms with Crippen LogP contribution in [0.5, 0.6) is 5.75 Å². The Morgan fingerprint density at radius 2 is 1.75 bits per heavy atom. The summed E-state index contributed by atoms with van der Waals surface area (Å²) < 4.78 is 0. The summed E-state index contributed by atoms with van der Waals surface area (Å²) in [6, 6.07) is 6.12. The van der Waals surface area contributed by atoms with Crippen LogP contribution in [0.15, 0.2) is 24.3 Å². The molecule has 0 saturated carbocycles. The van der Waals surface area contributed by atoms with Gasteiger partial charge in [0, 0.05) is 0 Å². The number of aliphatic hydroxyl groups is 1. The Morgan fingerprint density at radius 1 is 1.25 bits per heavy atom. The molecule has 0 aliphatic carbocycles. The third-order valence-corrected chi connectivity index (χ3v) is 1.80. The van der Waals surface area contributed by atoms with Crippen LogP contribution in [-0.4, -0.2) is 16.3 Å². The number of benzene rings is 1. The van der Waals surface area contributed by atoms with Crippen molar-refractivity contribution in [3.63, 3.8) is 0 Å². The summed E-state index contributed by atoms with van der Waals surface area (Å²) in [7, 11) is 0. The molecule has 4 N–H and O–H groups in total. The number of phenolic OH excluding ortho intramolecular Hbond substituents is 1. The van der Waals surface area contributed by atoms with Gasteiger partial charge in [-0.1, -0.05) is 12.1 Å². The van der Waals surface area contributed by atoms with E-state index < -0.39 is 6.10 Å². The van der Waals surface area contributed by atoms with Crippen molar-refractivity contribution in [1.82, 2.24) is 0 Å². The minimum absolute atomic E-state index is 0.205. The van der Waals surface area contributed by atoms with E-state index in [2.05, 4.69) is 0 Å². The van der Waals surface area contributed by atoms with Crippen LogP contribution in [0.1, 0.15) is 18.5 Å². The van der Waals surface area contributed by atoms with E-state index in [-0.39, 0.29) is 11.8 Å². The minimum atomic E-state index is -0.574. The van der Waals surface area contributed by atoms with Gasteiger partial charge in [0.1, 0.15) is 5.75 Å². The number of aromatic hydroxyl groups is 1. The molecule has 3 heteroatoms. The Labute approximate surface area is 71.5 Å². The zero-order valence-corrected chi connectivity index (χ0v) is 6.94. The van der Waals surface area contributed by atoms with Crippen molar-refractivity contribution in [1.29, 1.82) is 0 Å². The highest BCUT2D eigenvalue weighted by molar-refractivity contribution is 5.28. The first-order valence-electron chi connectivity index (χ1n) is 3.84. The van der Waals surface area contributed by atoms with Crippen LogP contribution in [-0.2, 0) is 0 Å². The summed E-state index contributed by atoms with van der Waals surface area (Å²) in [4.78, 5) is 0. The Kier molecular flexibility index (Phi) is 2.68. The highest BCUT2D eigenvalue weighted by atomic mass is 16.3. The van der Waals surface area contributed by atoms with Crippen LogP contribution in [0.3, 0.4) is 0 Å². The maximum absolute atomic E-state index is 9.16. The molecule has 1 aromatic rings. The first-order chi connectivity index (χ1) is 5.61. The molecule has 66 valence electrons. The molecule has 0 aliphatic heterocycles. The SMILES string of the molecule is C[C@@H](O)[C@H](N)c1ccc(O)cc1. The third kappa shape index (κ3) is 1.96. The monoisotopic (exact) mass is 167 g/mol. The maximum atomic E-state index is 9.16. The molecule has 12 heavy (non-hydrogen) atoms. The maximum Gasteiger partial charge on any atom is 0.115 e. The van der Waals surface area contributed by atoms with Gasteiger partial charge in [-0.15, -0.1) is 0 Å². The second-order valence-electron chi connectivity index (χ2n) is 2.86. The van der Waals surface area contributed by atoms with Gasteiger partial charge in [-0.3, -0.25) is 0 Å². The lowest BCUT2D eigenvalue weighted by atomic mass is 10.0. The quantitative estimate of drug-likeness (QED) is 0.609. The van der Waals surface area contributed by atoms with E-state index in [1.807, 2.05) is 0 Å². The summed E-state index contributed by atoms with van der Waals surface area (Å²) in [6.45, 7) is 1.64. The predicted molar refractivity (Wildman–Crippen MR) is 46.7 cm³/mol. The van der Waals surface area contributed by atoms with E-state index in [1.165, 1.54) is 0 Å². The lowest BCUT2D eigenvalue weighted by Crippen LogP contribution is -2.22. The van der Waals surface area contributed by atoms with Crippen LogP contribution in [0.4, 0.5) is 0 Å². The number of nitrogens with two attached hydrogens (primary N) is 1. The molecule has 1 rings (SSSR count). The fourth-order valence-electron chi connectivity index (χ4n) is 0.975. The van der Waals surface area contributed by atoms with Crippen LogP contribution in [0, 0.1) is 0 Å². The van der Waals surface area contributed by atoms with E-state index in [0.717, 1.165) is 5.56 Å². The third-order valence-electron chi connectivity index (χ3n) is 1.80. The average molecular weight is 167 g/mol. The molecule has 0 aliphatic rings. The molecule has 0 saturated heterocycles. The normalized spacial score (nSPS) is 15.6. The van der Waals surface area contributed by atoms with Gasteiger partial charge in [0.05, 0.1) is 12.1 Å². The molecule has 0 radical (unpaired) electrons. The summed E-state index contributed by atoms with van der Waals surface area (Å²) in [6.07, 6.45) is -0.574. The van der Waals surface area contributed by atoms with Gasteiger partial charge in [0.15, 0.2) is 0 Å². The zero-order chi connectivity index (χ0) is 9.14. The van der Waals surface area contributed by atoms with Gasteiger partial charge >= 0.3 is 0 Å². The molecule has 0 amide bonds. The second kappa shape index (κ2) is 3.56. The molecule has 0 heterocycles. The number of hydrogen-bond donors (Lipinski definition) is 3. The molecular formula is C9H13NO2. The van der Waals surface area contributed by atoms with Crippen molar-refractivity contribution in [3.05, 3.63) is 29.8 Å². The van der Waals surface area contributed by atoms with Gasteiger partial charge in [-0.2, -0.15) is 0 Å². The van der Waals surface area contributed by atoms with Crippen LogP contribution in [0.2, 0.25) is 0 Å². The van der Waals surface area contributed by atoms with Gasteiger partial charge < -0.3 is 15.9 Å². The molecular weight excluding hydrogens is 154 g/mol. The van der Waals surface area contributed by atoms with Gasteiger partial charge in [-0.05, 0) is 24.6 Å². The number of phenols is 1. The molecule has 0 spiro atoms. The fraction of sp³-hybridized carbons (Fsp3) is 0.333. The topological polar surface area (TPSA) is 66.5 Å². The minimum Gasteiger partial charge on any atom is -0.508 e. The molecule has 0 aromatic heterocycles. The highest BCUT2D eigenvalue weighted by Crippen LogP contribution is 2.17. The smallest absolute Gasteiger partial charge is 0.115 e. The van der Waals surface area contributed by atoms with Crippen LogP contribution >= 0.6 is 0 Å². The van der Waals surface area contributed by atoms with E-state index in [4.69, 9.17) is 15.9 Å². The van der Waals surface area contributed by atoms with E-state index in [0.29, 0.717) is 0 Å². The van der Waals surface area contributed by atoms with Crippen molar-refractivity contribution in [2.75, 3.05) is 0 Å². The molecule has 0 unspecified atom stereocenters. The summed E-state index contributed by atoms with van der Waals surface area (Å²) >= 11 is 0. The Bertz CT molecular complexity index is 243. The number of rotatable bonds is 2. The standard InChI is InChI=1S/C9H13NO2/c1-6(11)9(10)7-2-4-8(12)5-3-7/h2-6,9,11-12H,10H2,1H3/t6-,9+/m1/s1. The molecule has 1 aromatic carbocycles. The number of hydrogen-bond acceptors (Lipinski definition) is 3. The van der Waals surface area contributed by atoms with Crippen LogP contribution in [0.25, 0.3) is 0 Å². The van der Waals surface area contributed by atoms with Crippen molar-refractivity contribution in [2.24, 2.45) is 5.73 Å². The first-order valence-corrected chi connectivity index (χ1v) is 3.84. The van der Waals surface area contributed by atoms with Gasteiger partial charge in [-0.25, -0.2) is 0 Å². The second-order valence-corrected chi connectivity index (χ2v) is 2.86. The summed E-state index contributed by atoms with van der Waals surface area (Å²) in [5.74, 6) is 0.205. The van der Waals surface area contributed by atoms with E-state index in [1.54, 1.807) is 31.2 Å². The van der Waals surface area contributed by atoms with E-state index in [9.17, 15) is 0 Å². The van der Waals surface area contributed by atoms with Crippen molar-refractivity contribution in [2.45, 2.75) is 19.1 Å². The molecule has 2 atom stereocenters. The largest absolute Gasteiger partial charge is 0.508 e. The zero-order valence-electron chi connectivity index (χ0n) is 6.94.